The van der Waals surface area contributed by atoms with Gasteiger partial charge in [0.15, 0.2) is 0 Å². The molecule has 1 aromatic heterocycles. The normalized spacial score (nSPS) is 12.2. The minimum atomic E-state index is -0.528. The maximum Gasteiger partial charge on any atom is 0.137 e. The van der Waals surface area contributed by atoms with Gasteiger partial charge in [0, 0.05) is 18.3 Å². The third-order valence-corrected chi connectivity index (χ3v) is 3.08. The summed E-state index contributed by atoms with van der Waals surface area (Å²) in [5, 5.41) is 9.97. The van der Waals surface area contributed by atoms with Crippen LogP contribution in [0.15, 0.2) is 42.6 Å². The van der Waals surface area contributed by atoms with Gasteiger partial charge >= 0.3 is 0 Å². The lowest BCUT2D eigenvalue weighted by Crippen LogP contribution is -2.03. The third kappa shape index (κ3) is 3.94. The van der Waals surface area contributed by atoms with Gasteiger partial charge < -0.3 is 9.84 Å². The summed E-state index contributed by atoms with van der Waals surface area (Å²) in [6, 6.07) is 11.1. The van der Waals surface area contributed by atoms with Gasteiger partial charge in [-0.2, -0.15) is 0 Å². The number of hydrogen-bond donors (Lipinski definition) is 1. The SMILES string of the molecule is CC(O)c1ccc(OCCc2ccccn2)c(Cl)c1. The quantitative estimate of drug-likeness (QED) is 0.911. The number of nitrogens with zero attached hydrogens (tertiary/aromatic N) is 1. The molecule has 0 amide bonds. The van der Waals surface area contributed by atoms with E-state index in [0.29, 0.717) is 17.4 Å². The Morgan fingerprint density at radius 2 is 2.16 bits per heavy atom. The Bertz CT molecular complexity index is 529. The van der Waals surface area contributed by atoms with Crippen molar-refractivity contribution in [1.82, 2.24) is 4.98 Å². The molecule has 1 N–H and O–H groups in total. The summed E-state index contributed by atoms with van der Waals surface area (Å²) in [4.78, 5) is 4.22. The van der Waals surface area contributed by atoms with E-state index in [-0.39, 0.29) is 0 Å². The minimum absolute atomic E-state index is 0.513. The van der Waals surface area contributed by atoms with Gasteiger partial charge in [-0.1, -0.05) is 23.7 Å². The van der Waals surface area contributed by atoms with E-state index >= 15 is 0 Å². The number of pyridine rings is 1. The number of aliphatic hydroxyl groups excluding tert-OH is 1. The zero-order valence-electron chi connectivity index (χ0n) is 10.7. The molecule has 0 aliphatic rings. The van der Waals surface area contributed by atoms with Crippen molar-refractivity contribution >= 4 is 11.6 Å². The van der Waals surface area contributed by atoms with E-state index in [1.807, 2.05) is 24.3 Å². The summed E-state index contributed by atoms with van der Waals surface area (Å²) >= 11 is 6.10. The average Bonchev–Trinajstić information content (AvgIpc) is 2.41. The van der Waals surface area contributed by atoms with Gasteiger partial charge in [-0.25, -0.2) is 0 Å². The van der Waals surface area contributed by atoms with Crippen LogP contribution in [0.2, 0.25) is 5.02 Å². The Kier molecular flexibility index (Phi) is 4.77. The van der Waals surface area contributed by atoms with E-state index < -0.39 is 6.10 Å². The Hall–Kier alpha value is -1.58. The number of ether oxygens (including phenoxy) is 1. The van der Waals surface area contributed by atoms with E-state index in [2.05, 4.69) is 4.98 Å². The molecule has 0 bridgehead atoms. The molecule has 4 heteroatoms. The molecule has 0 aliphatic heterocycles. The highest BCUT2D eigenvalue weighted by atomic mass is 35.5. The van der Waals surface area contributed by atoms with Crippen molar-refractivity contribution in [3.05, 3.63) is 58.9 Å². The second kappa shape index (κ2) is 6.55. The highest BCUT2D eigenvalue weighted by Crippen LogP contribution is 2.27. The predicted octanol–water partition coefficient (Wildman–Crippen LogP) is 3.41. The van der Waals surface area contributed by atoms with Crippen molar-refractivity contribution in [2.24, 2.45) is 0 Å². The number of hydrogen-bond acceptors (Lipinski definition) is 3. The standard InChI is InChI=1S/C15H16ClNO2/c1-11(18)12-5-6-15(14(16)10-12)19-9-7-13-4-2-3-8-17-13/h2-6,8,10-11,18H,7,9H2,1H3. The maximum absolute atomic E-state index is 9.46. The molecule has 0 radical (unpaired) electrons. The molecule has 0 fully saturated rings. The molecular weight excluding hydrogens is 262 g/mol. The van der Waals surface area contributed by atoms with Crippen LogP contribution in [0.5, 0.6) is 5.75 Å². The fourth-order valence-electron chi connectivity index (χ4n) is 1.71. The highest BCUT2D eigenvalue weighted by molar-refractivity contribution is 6.32. The van der Waals surface area contributed by atoms with E-state index in [9.17, 15) is 5.11 Å². The summed E-state index contributed by atoms with van der Waals surface area (Å²) in [5.41, 5.74) is 1.77. The van der Waals surface area contributed by atoms with Gasteiger partial charge in [0.25, 0.3) is 0 Å². The van der Waals surface area contributed by atoms with E-state index in [1.165, 1.54) is 0 Å². The topological polar surface area (TPSA) is 42.4 Å². The molecule has 100 valence electrons. The Morgan fingerprint density at radius 3 is 2.79 bits per heavy atom. The fourth-order valence-corrected chi connectivity index (χ4v) is 1.95. The van der Waals surface area contributed by atoms with E-state index in [0.717, 1.165) is 17.7 Å². The van der Waals surface area contributed by atoms with Crippen LogP contribution < -0.4 is 4.74 Å². The smallest absolute Gasteiger partial charge is 0.137 e. The number of rotatable bonds is 5. The number of aliphatic hydroxyl groups is 1. The lowest BCUT2D eigenvalue weighted by molar-refractivity contribution is 0.199. The first-order valence-electron chi connectivity index (χ1n) is 6.17. The summed E-state index contributed by atoms with van der Waals surface area (Å²) in [5.74, 6) is 0.627. The molecule has 19 heavy (non-hydrogen) atoms. The molecular formula is C15H16ClNO2. The Morgan fingerprint density at radius 1 is 1.32 bits per heavy atom. The van der Waals surface area contributed by atoms with Gasteiger partial charge in [0.1, 0.15) is 5.75 Å². The van der Waals surface area contributed by atoms with Crippen LogP contribution in [0.25, 0.3) is 0 Å². The average molecular weight is 278 g/mol. The molecule has 3 nitrogen and oxygen atoms in total. The Labute approximate surface area is 117 Å². The molecule has 0 saturated carbocycles. The molecule has 1 unspecified atom stereocenters. The van der Waals surface area contributed by atoms with Crippen LogP contribution in [0, 0.1) is 0 Å². The minimum Gasteiger partial charge on any atom is -0.492 e. The first-order valence-corrected chi connectivity index (χ1v) is 6.55. The van der Waals surface area contributed by atoms with Crippen molar-refractivity contribution in [2.75, 3.05) is 6.61 Å². The molecule has 2 aromatic rings. The van der Waals surface area contributed by atoms with Crippen molar-refractivity contribution in [3.63, 3.8) is 0 Å². The first-order chi connectivity index (χ1) is 9.16. The zero-order chi connectivity index (χ0) is 13.7. The molecule has 1 heterocycles. The van der Waals surface area contributed by atoms with Crippen LogP contribution in [0.4, 0.5) is 0 Å². The second-order valence-corrected chi connectivity index (χ2v) is 4.69. The van der Waals surface area contributed by atoms with Gasteiger partial charge in [0.2, 0.25) is 0 Å². The predicted molar refractivity (Wildman–Crippen MR) is 75.5 cm³/mol. The zero-order valence-corrected chi connectivity index (χ0v) is 11.5. The van der Waals surface area contributed by atoms with Crippen molar-refractivity contribution in [3.8, 4) is 5.75 Å². The fraction of sp³-hybridized carbons (Fsp3) is 0.267. The van der Waals surface area contributed by atoms with Crippen molar-refractivity contribution < 1.29 is 9.84 Å². The lowest BCUT2D eigenvalue weighted by Gasteiger charge is -2.10. The summed E-state index contributed by atoms with van der Waals surface area (Å²) in [6.45, 7) is 2.22. The first kappa shape index (κ1) is 13.8. The second-order valence-electron chi connectivity index (χ2n) is 4.29. The highest BCUT2D eigenvalue weighted by Gasteiger charge is 2.06. The summed E-state index contributed by atoms with van der Waals surface area (Å²) in [6.07, 6.45) is 1.97. The number of halogens is 1. The third-order valence-electron chi connectivity index (χ3n) is 2.78. The van der Waals surface area contributed by atoms with Gasteiger partial charge in [0.05, 0.1) is 17.7 Å². The van der Waals surface area contributed by atoms with Crippen LogP contribution in [0.1, 0.15) is 24.3 Å². The van der Waals surface area contributed by atoms with Crippen LogP contribution in [-0.2, 0) is 6.42 Å². The Balaban J connectivity index is 1.93. The molecule has 1 aromatic carbocycles. The molecule has 0 spiro atoms. The van der Waals surface area contributed by atoms with Gasteiger partial charge in [-0.15, -0.1) is 0 Å². The molecule has 1 atom stereocenters. The number of benzene rings is 1. The molecule has 0 aliphatic carbocycles. The monoisotopic (exact) mass is 277 g/mol. The van der Waals surface area contributed by atoms with Gasteiger partial charge in [-0.05, 0) is 36.8 Å². The maximum atomic E-state index is 9.46. The van der Waals surface area contributed by atoms with Crippen LogP contribution >= 0.6 is 11.6 Å². The number of aromatic nitrogens is 1. The summed E-state index contributed by atoms with van der Waals surface area (Å²) < 4.78 is 5.62. The van der Waals surface area contributed by atoms with Crippen LogP contribution in [0.3, 0.4) is 0 Å². The van der Waals surface area contributed by atoms with Crippen molar-refractivity contribution in [1.29, 1.82) is 0 Å². The van der Waals surface area contributed by atoms with Gasteiger partial charge in [-0.3, -0.25) is 4.98 Å². The summed E-state index contributed by atoms with van der Waals surface area (Å²) in [7, 11) is 0. The van der Waals surface area contributed by atoms with Crippen molar-refractivity contribution in [2.45, 2.75) is 19.4 Å². The molecule has 2 rings (SSSR count). The van der Waals surface area contributed by atoms with E-state index in [1.54, 1.807) is 25.3 Å². The largest absolute Gasteiger partial charge is 0.492 e. The molecule has 0 saturated heterocycles. The lowest BCUT2D eigenvalue weighted by atomic mass is 10.1. The van der Waals surface area contributed by atoms with Crippen LogP contribution in [-0.4, -0.2) is 16.7 Å². The van der Waals surface area contributed by atoms with E-state index in [4.69, 9.17) is 16.3 Å².